The summed E-state index contributed by atoms with van der Waals surface area (Å²) in [7, 11) is 0. The molecule has 1 saturated carbocycles. The number of likely N-dealkylation sites (tertiary alicyclic amines) is 1. The maximum Gasteiger partial charge on any atom is 0.247 e. The number of carbonyl (C=O) groups is 2. The summed E-state index contributed by atoms with van der Waals surface area (Å²) in [5.41, 5.74) is 1.68. The van der Waals surface area contributed by atoms with E-state index >= 15 is 0 Å². The van der Waals surface area contributed by atoms with Crippen LogP contribution in [0.4, 0.5) is 5.69 Å². The second-order valence-electron chi connectivity index (χ2n) is 8.17. The van der Waals surface area contributed by atoms with E-state index in [0.29, 0.717) is 24.7 Å². The third-order valence-corrected chi connectivity index (χ3v) is 6.03. The number of rotatable bonds is 6. The van der Waals surface area contributed by atoms with Crippen molar-refractivity contribution in [3.63, 3.8) is 0 Å². The number of anilines is 1. The Kier molecular flexibility index (Phi) is 6.62. The van der Waals surface area contributed by atoms with E-state index in [9.17, 15) is 9.59 Å². The highest BCUT2D eigenvalue weighted by Gasteiger charge is 2.37. The summed E-state index contributed by atoms with van der Waals surface area (Å²) < 4.78 is 5.69. The number of carbonyl (C=O) groups excluding carboxylic acids is 2. The van der Waals surface area contributed by atoms with Crippen LogP contribution in [0.25, 0.3) is 0 Å². The molecule has 1 unspecified atom stereocenters. The van der Waals surface area contributed by atoms with Gasteiger partial charge in [-0.05, 0) is 37.3 Å². The molecular formula is C24H29N3O3. The topological polar surface area (TPSA) is 71.5 Å². The maximum absolute atomic E-state index is 12.9. The molecule has 1 aromatic carbocycles. The van der Waals surface area contributed by atoms with Crippen molar-refractivity contribution < 1.29 is 14.3 Å². The molecule has 0 spiro atoms. The molecule has 6 nitrogen and oxygen atoms in total. The standard InChI is InChI=1S/C24H29N3O3/c28-23(21-12-7-15-27(21)24(29)19-10-5-2-6-11-19)26-20-13-14-22(25-16-20)30-17-18-8-3-1-4-9-18/h1,3-4,8-9,13-14,16,19,21H,2,5-7,10-12,15,17H2,(H,26,28). The van der Waals surface area contributed by atoms with Crippen molar-refractivity contribution >= 4 is 17.5 Å². The molecule has 1 atom stereocenters. The van der Waals surface area contributed by atoms with Gasteiger partial charge in [0.2, 0.25) is 17.7 Å². The minimum Gasteiger partial charge on any atom is -0.473 e. The van der Waals surface area contributed by atoms with Gasteiger partial charge < -0.3 is 15.0 Å². The van der Waals surface area contributed by atoms with Crippen LogP contribution in [0.15, 0.2) is 48.7 Å². The smallest absolute Gasteiger partial charge is 0.247 e. The van der Waals surface area contributed by atoms with Crippen molar-refractivity contribution in [2.75, 3.05) is 11.9 Å². The molecule has 1 aliphatic carbocycles. The largest absolute Gasteiger partial charge is 0.473 e. The highest BCUT2D eigenvalue weighted by Crippen LogP contribution is 2.29. The molecule has 30 heavy (non-hydrogen) atoms. The maximum atomic E-state index is 12.9. The fourth-order valence-electron chi connectivity index (χ4n) is 4.38. The Balaban J connectivity index is 1.32. The van der Waals surface area contributed by atoms with Crippen LogP contribution in [-0.2, 0) is 16.2 Å². The predicted octanol–water partition coefficient (Wildman–Crippen LogP) is 4.17. The Hall–Kier alpha value is -2.89. The van der Waals surface area contributed by atoms with Gasteiger partial charge in [0.05, 0.1) is 11.9 Å². The number of nitrogens with one attached hydrogen (secondary N) is 1. The number of pyridine rings is 1. The van der Waals surface area contributed by atoms with E-state index in [0.717, 1.165) is 44.1 Å². The quantitative estimate of drug-likeness (QED) is 0.780. The van der Waals surface area contributed by atoms with Crippen LogP contribution in [0.3, 0.4) is 0 Å². The summed E-state index contributed by atoms with van der Waals surface area (Å²) in [6.07, 6.45) is 8.55. The van der Waals surface area contributed by atoms with Crippen LogP contribution in [0.1, 0.15) is 50.5 Å². The van der Waals surface area contributed by atoms with Gasteiger partial charge in [0.15, 0.2) is 0 Å². The van der Waals surface area contributed by atoms with Gasteiger partial charge in [-0.1, -0.05) is 49.6 Å². The molecule has 1 aromatic heterocycles. The predicted molar refractivity (Wildman–Crippen MR) is 115 cm³/mol. The number of ether oxygens (including phenoxy) is 1. The SMILES string of the molecule is O=C(Nc1ccc(OCc2ccccc2)nc1)C1CCCN1C(=O)C1CCCCC1. The Morgan fingerprint density at radius 2 is 1.80 bits per heavy atom. The minimum absolute atomic E-state index is 0.0925. The molecule has 0 bridgehead atoms. The van der Waals surface area contributed by atoms with Crippen LogP contribution >= 0.6 is 0 Å². The number of aromatic nitrogens is 1. The van der Waals surface area contributed by atoms with E-state index < -0.39 is 0 Å². The molecule has 6 heteroatoms. The van der Waals surface area contributed by atoms with Crippen LogP contribution in [0.2, 0.25) is 0 Å². The van der Waals surface area contributed by atoms with E-state index in [2.05, 4.69) is 10.3 Å². The van der Waals surface area contributed by atoms with Crippen LogP contribution < -0.4 is 10.1 Å². The molecular weight excluding hydrogens is 378 g/mol. The highest BCUT2D eigenvalue weighted by molar-refractivity contribution is 5.97. The van der Waals surface area contributed by atoms with Gasteiger partial charge in [-0.3, -0.25) is 9.59 Å². The first kappa shape index (κ1) is 20.4. The zero-order valence-corrected chi connectivity index (χ0v) is 17.3. The third-order valence-electron chi connectivity index (χ3n) is 6.03. The highest BCUT2D eigenvalue weighted by atomic mass is 16.5. The fraction of sp³-hybridized carbons (Fsp3) is 0.458. The molecule has 0 radical (unpaired) electrons. The van der Waals surface area contributed by atoms with Crippen LogP contribution in [0, 0.1) is 5.92 Å². The van der Waals surface area contributed by atoms with Gasteiger partial charge in [-0.15, -0.1) is 0 Å². The molecule has 158 valence electrons. The lowest BCUT2D eigenvalue weighted by Gasteiger charge is -2.30. The Morgan fingerprint density at radius 3 is 2.53 bits per heavy atom. The first-order valence-electron chi connectivity index (χ1n) is 10.9. The summed E-state index contributed by atoms with van der Waals surface area (Å²) in [6.45, 7) is 1.12. The molecule has 2 amide bonds. The van der Waals surface area contributed by atoms with E-state index in [1.807, 2.05) is 30.3 Å². The first-order valence-corrected chi connectivity index (χ1v) is 10.9. The zero-order valence-electron chi connectivity index (χ0n) is 17.3. The number of nitrogens with zero attached hydrogens (tertiary/aromatic N) is 2. The lowest BCUT2D eigenvalue weighted by atomic mass is 9.88. The van der Waals surface area contributed by atoms with Gasteiger partial charge in [0.25, 0.3) is 0 Å². The normalized spacial score (nSPS) is 19.5. The summed E-state index contributed by atoms with van der Waals surface area (Å²) in [5.74, 6) is 0.633. The first-order chi connectivity index (χ1) is 14.7. The lowest BCUT2D eigenvalue weighted by molar-refractivity contribution is -0.141. The molecule has 1 saturated heterocycles. The van der Waals surface area contributed by atoms with Crippen molar-refractivity contribution in [1.82, 2.24) is 9.88 Å². The van der Waals surface area contributed by atoms with Gasteiger partial charge in [-0.25, -0.2) is 4.98 Å². The van der Waals surface area contributed by atoms with Crippen LogP contribution in [-0.4, -0.2) is 34.3 Å². The van der Waals surface area contributed by atoms with Crippen molar-refractivity contribution in [3.05, 3.63) is 54.2 Å². The Bertz CT molecular complexity index is 848. The van der Waals surface area contributed by atoms with Crippen LogP contribution in [0.5, 0.6) is 5.88 Å². The number of hydrogen-bond donors (Lipinski definition) is 1. The van der Waals surface area contributed by atoms with Gasteiger partial charge in [0, 0.05) is 18.5 Å². The molecule has 4 rings (SSSR count). The van der Waals surface area contributed by atoms with E-state index in [1.54, 1.807) is 23.2 Å². The molecule has 1 aliphatic heterocycles. The molecule has 2 aromatic rings. The summed E-state index contributed by atoms with van der Waals surface area (Å²) in [4.78, 5) is 31.8. The summed E-state index contributed by atoms with van der Waals surface area (Å²) in [5, 5.41) is 2.92. The van der Waals surface area contributed by atoms with Crippen molar-refractivity contribution in [1.29, 1.82) is 0 Å². The number of hydrogen-bond acceptors (Lipinski definition) is 4. The monoisotopic (exact) mass is 407 g/mol. The van der Waals surface area contributed by atoms with Gasteiger partial charge in [0.1, 0.15) is 12.6 Å². The Labute approximate surface area is 177 Å². The zero-order chi connectivity index (χ0) is 20.8. The van der Waals surface area contributed by atoms with Gasteiger partial charge in [-0.2, -0.15) is 0 Å². The van der Waals surface area contributed by atoms with E-state index in [-0.39, 0.29) is 23.8 Å². The van der Waals surface area contributed by atoms with Crippen molar-refractivity contribution in [2.24, 2.45) is 5.92 Å². The second-order valence-corrected chi connectivity index (χ2v) is 8.17. The van der Waals surface area contributed by atoms with Crippen molar-refractivity contribution in [3.8, 4) is 5.88 Å². The van der Waals surface area contributed by atoms with E-state index in [4.69, 9.17) is 4.74 Å². The number of benzene rings is 1. The minimum atomic E-state index is -0.381. The molecule has 1 N–H and O–H groups in total. The molecule has 2 aliphatic rings. The summed E-state index contributed by atoms with van der Waals surface area (Å²) in [6, 6.07) is 13.0. The average Bonchev–Trinajstić information content (AvgIpc) is 3.29. The molecule has 2 fully saturated rings. The fourth-order valence-corrected chi connectivity index (χ4v) is 4.38. The Morgan fingerprint density at radius 1 is 1.00 bits per heavy atom. The molecule has 2 heterocycles. The van der Waals surface area contributed by atoms with Gasteiger partial charge >= 0.3 is 0 Å². The average molecular weight is 408 g/mol. The number of amides is 2. The third kappa shape index (κ3) is 4.99. The van der Waals surface area contributed by atoms with Crippen molar-refractivity contribution in [2.45, 2.75) is 57.6 Å². The second kappa shape index (κ2) is 9.74. The lowest BCUT2D eigenvalue weighted by Crippen LogP contribution is -2.46. The van der Waals surface area contributed by atoms with E-state index in [1.165, 1.54) is 6.42 Å². The summed E-state index contributed by atoms with van der Waals surface area (Å²) >= 11 is 0.